The molecule has 0 aliphatic carbocycles. The van der Waals surface area contributed by atoms with Crippen molar-refractivity contribution in [1.29, 1.82) is 0 Å². The minimum absolute atomic E-state index is 0.206. The van der Waals surface area contributed by atoms with E-state index in [1.807, 2.05) is 26.4 Å². The van der Waals surface area contributed by atoms with E-state index in [1.54, 1.807) is 0 Å². The summed E-state index contributed by atoms with van der Waals surface area (Å²) >= 11 is 1.21. The molecule has 0 radical (unpaired) electrons. The topological polar surface area (TPSA) is 45.5 Å². The molecule has 6 heteroatoms. The maximum atomic E-state index is 11.3. The van der Waals surface area contributed by atoms with E-state index < -0.39 is 0 Å². The highest BCUT2D eigenvalue weighted by atomic mass is 32.2. The van der Waals surface area contributed by atoms with E-state index in [0.717, 1.165) is 31.6 Å². The van der Waals surface area contributed by atoms with Crippen LogP contribution in [-0.4, -0.2) is 44.8 Å². The molecule has 0 aliphatic rings. The van der Waals surface area contributed by atoms with Crippen LogP contribution in [-0.2, 0) is 11.3 Å². The molecule has 1 N–H and O–H groups in total. The Morgan fingerprint density at radius 2 is 1.79 bits per heavy atom. The molecule has 1 heterocycles. The van der Waals surface area contributed by atoms with Crippen LogP contribution in [0.3, 0.4) is 0 Å². The summed E-state index contributed by atoms with van der Waals surface area (Å²) < 4.78 is 6.99. The van der Waals surface area contributed by atoms with Gasteiger partial charge in [-0.05, 0) is 62.0 Å². The Hall–Kier alpha value is -2.31. The third-order valence-electron chi connectivity index (χ3n) is 4.47. The van der Waals surface area contributed by atoms with Gasteiger partial charge in [0.15, 0.2) is 18.9 Å². The smallest absolute Gasteiger partial charge is 0.367 e. The standard InChI is InChI=1S/C23H32N3O2S/c1-4-28-23(27)29-19-18-26-16-12-21(13-17-26)7-6-20-8-10-22(11-9-20)25(3)15-5-14-24-2/h6-13,16-17,24H,4-5,14-15,18-19H2,1-3H3/q+1. The van der Waals surface area contributed by atoms with Crippen molar-refractivity contribution in [3.8, 4) is 0 Å². The zero-order valence-corrected chi connectivity index (χ0v) is 18.5. The van der Waals surface area contributed by atoms with Gasteiger partial charge in [-0.2, -0.15) is 0 Å². The third kappa shape index (κ3) is 8.71. The summed E-state index contributed by atoms with van der Waals surface area (Å²) in [6, 6.07) is 12.8. The number of hydrogen-bond acceptors (Lipinski definition) is 5. The number of aromatic nitrogens is 1. The molecule has 0 saturated heterocycles. The number of thioether (sulfide) groups is 1. The van der Waals surface area contributed by atoms with Gasteiger partial charge in [0.1, 0.15) is 0 Å². The zero-order valence-electron chi connectivity index (χ0n) is 17.6. The van der Waals surface area contributed by atoms with Gasteiger partial charge in [-0.25, -0.2) is 9.36 Å². The number of rotatable bonds is 11. The van der Waals surface area contributed by atoms with E-state index in [-0.39, 0.29) is 5.30 Å². The largest absolute Gasteiger partial charge is 0.458 e. The Morgan fingerprint density at radius 3 is 2.41 bits per heavy atom. The Bertz CT molecular complexity index is 761. The van der Waals surface area contributed by atoms with E-state index in [4.69, 9.17) is 4.74 Å². The van der Waals surface area contributed by atoms with Gasteiger partial charge in [-0.15, -0.1) is 0 Å². The van der Waals surface area contributed by atoms with Crippen LogP contribution in [0.4, 0.5) is 10.5 Å². The first-order chi connectivity index (χ1) is 14.1. The van der Waals surface area contributed by atoms with E-state index in [1.165, 1.54) is 23.0 Å². The van der Waals surface area contributed by atoms with Gasteiger partial charge in [0.2, 0.25) is 0 Å². The molecular weight excluding hydrogens is 382 g/mol. The monoisotopic (exact) mass is 414 g/mol. The number of nitrogens with one attached hydrogen (secondary N) is 1. The van der Waals surface area contributed by atoms with Crippen molar-refractivity contribution in [2.45, 2.75) is 19.9 Å². The molecule has 5 nitrogen and oxygen atoms in total. The van der Waals surface area contributed by atoms with Crippen molar-refractivity contribution >= 4 is 34.9 Å². The molecule has 0 unspecified atom stereocenters. The number of ether oxygens (including phenoxy) is 1. The normalized spacial score (nSPS) is 11.0. The fourth-order valence-corrected chi connectivity index (χ4v) is 3.45. The van der Waals surface area contributed by atoms with Crippen molar-refractivity contribution in [2.24, 2.45) is 0 Å². The summed E-state index contributed by atoms with van der Waals surface area (Å²) in [5, 5.41) is 2.98. The summed E-state index contributed by atoms with van der Waals surface area (Å²) in [6.45, 7) is 5.09. The summed E-state index contributed by atoms with van der Waals surface area (Å²) in [6.07, 6.45) is 9.44. The molecule has 1 aromatic heterocycles. The first-order valence-electron chi connectivity index (χ1n) is 10.0. The molecule has 2 aromatic rings. The van der Waals surface area contributed by atoms with E-state index in [9.17, 15) is 4.79 Å². The molecule has 1 aromatic carbocycles. The Balaban J connectivity index is 1.82. The van der Waals surface area contributed by atoms with Crippen LogP contribution >= 0.6 is 11.8 Å². The maximum absolute atomic E-state index is 11.3. The molecule has 0 spiro atoms. The number of pyridine rings is 1. The van der Waals surface area contributed by atoms with Gasteiger partial charge in [0.25, 0.3) is 0 Å². The molecular formula is C23H32N3O2S+. The van der Waals surface area contributed by atoms with Crippen LogP contribution in [0, 0.1) is 0 Å². The minimum atomic E-state index is -0.206. The lowest BCUT2D eigenvalue weighted by Gasteiger charge is -2.19. The Morgan fingerprint density at radius 1 is 1.14 bits per heavy atom. The number of aryl methyl sites for hydroxylation is 1. The molecule has 0 saturated carbocycles. The molecule has 156 valence electrons. The SMILES string of the molecule is CCOC(=O)SCC[n+]1ccc(/C=C/c2ccc(N(C)CCCNC)cc2)cc1. The number of hydrogen-bond donors (Lipinski definition) is 1. The van der Waals surface area contributed by atoms with E-state index in [0.29, 0.717) is 12.4 Å². The lowest BCUT2D eigenvalue weighted by molar-refractivity contribution is -0.692. The summed E-state index contributed by atoms with van der Waals surface area (Å²) in [4.78, 5) is 13.6. The first-order valence-corrected chi connectivity index (χ1v) is 11.0. The number of anilines is 1. The first kappa shape index (κ1) is 23.0. The molecule has 29 heavy (non-hydrogen) atoms. The van der Waals surface area contributed by atoms with Gasteiger partial charge in [0, 0.05) is 31.4 Å². The third-order valence-corrected chi connectivity index (χ3v) is 5.21. The summed E-state index contributed by atoms with van der Waals surface area (Å²) in [7, 11) is 4.11. The van der Waals surface area contributed by atoms with E-state index in [2.05, 4.69) is 70.4 Å². The lowest BCUT2D eigenvalue weighted by atomic mass is 10.1. The van der Waals surface area contributed by atoms with E-state index >= 15 is 0 Å². The number of carbonyl (C=O) groups excluding carboxylic acids is 1. The Labute approximate surface area is 178 Å². The van der Waals surface area contributed by atoms with Crippen molar-refractivity contribution in [3.05, 3.63) is 59.9 Å². The van der Waals surface area contributed by atoms with Crippen LogP contribution in [0.2, 0.25) is 0 Å². The van der Waals surface area contributed by atoms with Crippen LogP contribution in [0.1, 0.15) is 24.5 Å². The predicted molar refractivity (Wildman–Crippen MR) is 123 cm³/mol. The average Bonchev–Trinajstić information content (AvgIpc) is 2.74. The minimum Gasteiger partial charge on any atom is -0.458 e. The lowest BCUT2D eigenvalue weighted by Crippen LogP contribution is -2.34. The Kier molecular flexibility index (Phi) is 10.3. The molecule has 0 amide bonds. The quantitative estimate of drug-likeness (QED) is 0.341. The number of nitrogens with zero attached hydrogens (tertiary/aromatic N) is 2. The van der Waals surface area contributed by atoms with Gasteiger partial charge < -0.3 is 15.0 Å². The fraction of sp³-hybridized carbons (Fsp3) is 0.391. The van der Waals surface area contributed by atoms with Crippen molar-refractivity contribution in [2.75, 3.05) is 44.4 Å². The van der Waals surface area contributed by atoms with Gasteiger partial charge in [0.05, 0.1) is 12.4 Å². The van der Waals surface area contributed by atoms with Crippen LogP contribution in [0.15, 0.2) is 48.8 Å². The highest BCUT2D eigenvalue weighted by molar-refractivity contribution is 8.13. The molecule has 0 bridgehead atoms. The molecule has 0 fully saturated rings. The average molecular weight is 415 g/mol. The summed E-state index contributed by atoms with van der Waals surface area (Å²) in [5.74, 6) is 0.703. The van der Waals surface area contributed by atoms with Crippen LogP contribution in [0.5, 0.6) is 0 Å². The van der Waals surface area contributed by atoms with Crippen LogP contribution in [0.25, 0.3) is 12.2 Å². The highest BCUT2D eigenvalue weighted by Gasteiger charge is 2.06. The molecule has 0 atom stereocenters. The molecule has 0 aliphatic heterocycles. The second kappa shape index (κ2) is 13.0. The highest BCUT2D eigenvalue weighted by Crippen LogP contribution is 2.16. The van der Waals surface area contributed by atoms with Gasteiger partial charge in [-0.3, -0.25) is 0 Å². The second-order valence-corrected chi connectivity index (χ2v) is 7.73. The van der Waals surface area contributed by atoms with Gasteiger partial charge in [-0.1, -0.05) is 24.3 Å². The van der Waals surface area contributed by atoms with Crippen molar-refractivity contribution in [1.82, 2.24) is 5.32 Å². The number of benzene rings is 1. The maximum Gasteiger partial charge on any atom is 0.367 e. The van der Waals surface area contributed by atoms with Gasteiger partial charge >= 0.3 is 5.30 Å². The number of carbonyl (C=O) groups is 1. The molecule has 2 rings (SSSR count). The second-order valence-electron chi connectivity index (χ2n) is 6.70. The predicted octanol–water partition coefficient (Wildman–Crippen LogP) is 4.08. The van der Waals surface area contributed by atoms with Crippen molar-refractivity contribution < 1.29 is 14.1 Å². The fourth-order valence-electron chi connectivity index (χ4n) is 2.78. The summed E-state index contributed by atoms with van der Waals surface area (Å²) in [5.41, 5.74) is 3.56. The van der Waals surface area contributed by atoms with Crippen LogP contribution < -0.4 is 14.8 Å². The zero-order chi connectivity index (χ0) is 20.9. The van der Waals surface area contributed by atoms with Crippen molar-refractivity contribution in [3.63, 3.8) is 0 Å².